The molecule has 0 radical (unpaired) electrons. The van der Waals surface area contributed by atoms with Crippen LogP contribution < -0.4 is 10.5 Å². The third-order valence-electron chi connectivity index (χ3n) is 3.82. The van der Waals surface area contributed by atoms with Gasteiger partial charge in [-0.05, 0) is 54.1 Å². The lowest BCUT2D eigenvalue weighted by Crippen LogP contribution is -2.06. The number of allylic oxidation sites excluding steroid dienone is 4. The largest absolute Gasteiger partial charge is 0.463 e. The molecule has 0 aliphatic carbocycles. The molecule has 0 aromatic carbocycles. The summed E-state index contributed by atoms with van der Waals surface area (Å²) in [6, 6.07) is 0.300. The van der Waals surface area contributed by atoms with Crippen LogP contribution in [-0.2, 0) is 6.54 Å². The first kappa shape index (κ1) is 37.1. The lowest BCUT2D eigenvalue weighted by atomic mass is 10.2. The van der Waals surface area contributed by atoms with Crippen molar-refractivity contribution in [3.05, 3.63) is 28.5 Å². The van der Waals surface area contributed by atoms with Crippen LogP contribution in [0.15, 0.2) is 28.5 Å². The molecule has 34 heavy (non-hydrogen) atoms. The number of rotatable bonds is 9. The number of ether oxygens (including phenoxy) is 1. The van der Waals surface area contributed by atoms with Crippen molar-refractivity contribution in [2.24, 2.45) is 0 Å². The Bertz CT molecular complexity index is 793. The van der Waals surface area contributed by atoms with Gasteiger partial charge in [0.05, 0.1) is 13.2 Å². The highest BCUT2D eigenvalue weighted by molar-refractivity contribution is 9.10. The molecule has 1 atom stereocenters. The maximum atomic E-state index is 7.00. The number of hydrogen-bond acceptors (Lipinski definition) is 6. The summed E-state index contributed by atoms with van der Waals surface area (Å²) in [6.45, 7) is 19.9. The molecule has 198 valence electrons. The monoisotopic (exact) mass is 561 g/mol. The second kappa shape index (κ2) is 26.1. The molecular formula is C25H49BrN5O2P. The molecule has 0 saturated heterocycles. The summed E-state index contributed by atoms with van der Waals surface area (Å²) in [4.78, 5) is 13.2. The minimum absolute atomic E-state index is 0.300. The van der Waals surface area contributed by atoms with Crippen LogP contribution in [0.4, 0.5) is 5.82 Å². The Labute approximate surface area is 218 Å². The number of imidazole rings is 1. The molecule has 9 heteroatoms. The number of nitrogen functional groups attached to an aromatic ring is 1. The van der Waals surface area contributed by atoms with Gasteiger partial charge in [0.25, 0.3) is 0 Å². The molecule has 2 heterocycles. The summed E-state index contributed by atoms with van der Waals surface area (Å²) in [5.41, 5.74) is 8.48. The van der Waals surface area contributed by atoms with Gasteiger partial charge in [-0.15, -0.1) is 8.58 Å². The summed E-state index contributed by atoms with van der Waals surface area (Å²) in [5.74, 6) is 0.331. The fraction of sp³-hybridized carbons (Fsp3) is 0.640. The summed E-state index contributed by atoms with van der Waals surface area (Å²) >= 11 is 3.50. The zero-order valence-corrected chi connectivity index (χ0v) is 25.7. The number of anilines is 1. The van der Waals surface area contributed by atoms with E-state index in [1.807, 2.05) is 45.3 Å². The molecule has 2 aromatic rings. The fourth-order valence-electron chi connectivity index (χ4n) is 2.33. The fourth-order valence-corrected chi connectivity index (χ4v) is 2.80. The first-order valence-corrected chi connectivity index (χ1v) is 14.7. The van der Waals surface area contributed by atoms with E-state index in [0.717, 1.165) is 35.0 Å². The summed E-state index contributed by atoms with van der Waals surface area (Å²) < 4.78 is 8.26. The molecule has 3 N–H and O–H groups in total. The molecular weight excluding hydrogens is 513 g/mol. The smallest absolute Gasteiger partial charge is 0.320 e. The highest BCUT2D eigenvalue weighted by Crippen LogP contribution is 2.25. The van der Waals surface area contributed by atoms with E-state index in [-0.39, 0.29) is 0 Å². The number of unbranched alkanes of at least 4 members (excludes halogenated alkanes) is 1. The van der Waals surface area contributed by atoms with Gasteiger partial charge < -0.3 is 15.6 Å². The quantitative estimate of drug-likeness (QED) is 0.145. The van der Waals surface area contributed by atoms with Crippen molar-refractivity contribution in [1.29, 1.82) is 0 Å². The lowest BCUT2D eigenvalue weighted by molar-refractivity contribution is 0.286. The van der Waals surface area contributed by atoms with Crippen LogP contribution in [0.2, 0.25) is 0 Å². The highest BCUT2D eigenvalue weighted by atomic mass is 79.9. The number of aliphatic hydroxyl groups is 1. The van der Waals surface area contributed by atoms with Gasteiger partial charge in [0.2, 0.25) is 0 Å². The average Bonchev–Trinajstić information content (AvgIpc) is 3.19. The molecule has 2 aromatic heterocycles. The second-order valence-electron chi connectivity index (χ2n) is 6.13. The molecule has 0 fully saturated rings. The number of fused-ring (bicyclic) bond motifs is 1. The van der Waals surface area contributed by atoms with Crippen LogP contribution in [0.5, 0.6) is 6.01 Å². The standard InChI is InChI=1S/C17H24BrN5O.C3H9P.2C2H6.CH4O/c1-4-7-10-24-17-21-14(19)13-15(22-17)23(16(18)20-13)11-12(8-5-2)9-6-3;1-3-4-2;3*1-2/h5,8-9H,4,6-7,10-11H2,1-3H3,(H2,19,21,22);4H,3H2,1-2H3;2*1-2H3;2H,1H3/b8-5-,12-9+;;;;. The van der Waals surface area contributed by atoms with Crippen LogP contribution in [0, 0.1) is 0 Å². The molecule has 0 bridgehead atoms. The van der Waals surface area contributed by atoms with E-state index >= 15 is 0 Å². The van der Waals surface area contributed by atoms with E-state index in [9.17, 15) is 0 Å². The summed E-state index contributed by atoms with van der Waals surface area (Å²) in [7, 11) is 2.14. The first-order chi connectivity index (χ1) is 16.5. The number of aromatic nitrogens is 4. The van der Waals surface area contributed by atoms with Crippen molar-refractivity contribution in [3.63, 3.8) is 0 Å². The summed E-state index contributed by atoms with van der Waals surface area (Å²) in [6.07, 6.45) is 10.6. The topological polar surface area (TPSA) is 99.1 Å². The minimum atomic E-state index is 0.300. The van der Waals surface area contributed by atoms with Crippen LogP contribution >= 0.6 is 24.5 Å². The van der Waals surface area contributed by atoms with Crippen molar-refractivity contribution in [2.45, 2.75) is 81.2 Å². The molecule has 0 aliphatic heterocycles. The van der Waals surface area contributed by atoms with Crippen LogP contribution in [-0.4, -0.2) is 51.2 Å². The molecule has 7 nitrogen and oxygen atoms in total. The average molecular weight is 563 g/mol. The van der Waals surface area contributed by atoms with Crippen molar-refractivity contribution in [1.82, 2.24) is 19.5 Å². The van der Waals surface area contributed by atoms with E-state index in [4.69, 9.17) is 15.6 Å². The number of nitrogens with two attached hydrogens (primary N) is 1. The Morgan fingerprint density at radius 3 is 2.18 bits per heavy atom. The number of aliphatic hydroxyl groups excluding tert-OH is 1. The lowest BCUT2D eigenvalue weighted by Gasteiger charge is -2.08. The van der Waals surface area contributed by atoms with Crippen molar-refractivity contribution in [3.8, 4) is 6.01 Å². The predicted molar refractivity (Wildman–Crippen MR) is 157 cm³/mol. The first-order valence-electron chi connectivity index (χ1n) is 12.2. The Morgan fingerprint density at radius 2 is 1.71 bits per heavy atom. The van der Waals surface area contributed by atoms with Crippen LogP contribution in [0.1, 0.15) is 74.7 Å². The Morgan fingerprint density at radius 1 is 1.12 bits per heavy atom. The Balaban J connectivity index is -0.000000835. The van der Waals surface area contributed by atoms with Gasteiger partial charge in [-0.25, -0.2) is 4.98 Å². The maximum Gasteiger partial charge on any atom is 0.320 e. The van der Waals surface area contributed by atoms with Crippen LogP contribution in [0.3, 0.4) is 0 Å². The number of halogens is 1. The van der Waals surface area contributed by atoms with Gasteiger partial charge in [0.1, 0.15) is 0 Å². The number of nitrogens with zero attached hydrogens (tertiary/aromatic N) is 4. The predicted octanol–water partition coefficient (Wildman–Crippen LogP) is 7.24. The third-order valence-corrected chi connectivity index (χ3v) is 5.14. The van der Waals surface area contributed by atoms with Gasteiger partial charge in [-0.3, -0.25) is 4.57 Å². The second-order valence-corrected chi connectivity index (χ2v) is 8.25. The van der Waals surface area contributed by atoms with Gasteiger partial charge >= 0.3 is 6.01 Å². The normalized spacial score (nSPS) is 10.5. The zero-order chi connectivity index (χ0) is 26.9. The summed E-state index contributed by atoms with van der Waals surface area (Å²) in [5, 5.41) is 7.00. The molecule has 0 aliphatic rings. The van der Waals surface area contributed by atoms with E-state index in [0.29, 0.717) is 40.9 Å². The number of hydrogen-bond donors (Lipinski definition) is 2. The van der Waals surface area contributed by atoms with E-state index in [1.165, 1.54) is 11.7 Å². The van der Waals surface area contributed by atoms with Crippen molar-refractivity contribution < 1.29 is 9.84 Å². The maximum absolute atomic E-state index is 7.00. The van der Waals surface area contributed by atoms with Gasteiger partial charge in [-0.1, -0.05) is 73.1 Å². The molecule has 1 unspecified atom stereocenters. The Hall–Kier alpha value is -1.50. The third kappa shape index (κ3) is 14.7. The van der Waals surface area contributed by atoms with Crippen molar-refractivity contribution in [2.75, 3.05) is 32.3 Å². The highest BCUT2D eigenvalue weighted by Gasteiger charge is 2.16. The van der Waals surface area contributed by atoms with E-state index in [2.05, 4.69) is 70.5 Å². The van der Waals surface area contributed by atoms with E-state index in [1.54, 1.807) is 0 Å². The van der Waals surface area contributed by atoms with Crippen LogP contribution in [0.25, 0.3) is 11.2 Å². The molecule has 0 spiro atoms. The molecule has 2 rings (SSSR count). The molecule has 0 saturated carbocycles. The Kier molecular flexibility index (Phi) is 28.5. The van der Waals surface area contributed by atoms with Crippen molar-refractivity contribution >= 4 is 41.5 Å². The van der Waals surface area contributed by atoms with Gasteiger partial charge in [-0.2, -0.15) is 9.97 Å². The van der Waals surface area contributed by atoms with E-state index < -0.39 is 0 Å². The SMILES string of the molecule is C/C=C\C(=C/CC)Cn1c(Br)nc2c(N)nc(OCCCC)nc21.CC.CC.CCPC.CO. The molecule has 0 amide bonds. The minimum Gasteiger partial charge on any atom is -0.463 e. The van der Waals surface area contributed by atoms with Gasteiger partial charge in [0, 0.05) is 7.11 Å². The van der Waals surface area contributed by atoms with Gasteiger partial charge in [0.15, 0.2) is 21.7 Å². The zero-order valence-electron chi connectivity index (χ0n) is 23.1.